The molecule has 0 atom stereocenters. The van der Waals surface area contributed by atoms with E-state index in [2.05, 4.69) is 20.8 Å². The monoisotopic (exact) mass is 271 g/mol. The predicted octanol–water partition coefficient (Wildman–Crippen LogP) is 0.128. The normalized spacial score (nSPS) is 13.0. The van der Waals surface area contributed by atoms with Crippen LogP contribution in [0.3, 0.4) is 0 Å². The maximum atomic E-state index is 11.9. The summed E-state index contributed by atoms with van der Waals surface area (Å²) in [6.45, 7) is 0. The number of nitrogens with one attached hydrogen (secondary N) is 3. The number of carbonyl (C=O) groups excluding carboxylic acids is 3. The number of nitrogens with two attached hydrogens (primary N) is 1. The molecule has 0 radical (unpaired) electrons. The summed E-state index contributed by atoms with van der Waals surface area (Å²) < 4.78 is 0. The standard InChI is InChI=1S/C12H9N5O3/c13-9-4-8(16-17-9)12(20)14-5-1-2-6-7(3-5)11(19)15-10(6)18/h1-4H,(H,14,20)(H3,13,16,17)(H,15,18,19). The lowest BCUT2D eigenvalue weighted by Gasteiger charge is -2.04. The van der Waals surface area contributed by atoms with Crippen molar-refractivity contribution in [3.8, 4) is 0 Å². The van der Waals surface area contributed by atoms with E-state index in [1.807, 2.05) is 0 Å². The van der Waals surface area contributed by atoms with Crippen molar-refractivity contribution < 1.29 is 14.4 Å². The Labute approximate surface area is 112 Å². The summed E-state index contributed by atoms with van der Waals surface area (Å²) >= 11 is 0. The van der Waals surface area contributed by atoms with Gasteiger partial charge in [-0.2, -0.15) is 5.10 Å². The number of carbonyl (C=O) groups is 3. The van der Waals surface area contributed by atoms with Crippen LogP contribution in [0, 0.1) is 0 Å². The van der Waals surface area contributed by atoms with Crippen LogP contribution < -0.4 is 16.4 Å². The summed E-state index contributed by atoms with van der Waals surface area (Å²) in [6, 6.07) is 5.84. The second kappa shape index (κ2) is 4.19. The molecule has 0 fully saturated rings. The summed E-state index contributed by atoms with van der Waals surface area (Å²) in [5.41, 5.74) is 6.52. The number of H-pyrrole nitrogens is 1. The van der Waals surface area contributed by atoms with Gasteiger partial charge >= 0.3 is 0 Å². The molecule has 1 aromatic heterocycles. The molecular weight excluding hydrogens is 262 g/mol. The van der Waals surface area contributed by atoms with Crippen LogP contribution in [-0.4, -0.2) is 27.9 Å². The lowest BCUT2D eigenvalue weighted by molar-refractivity contribution is 0.0878. The van der Waals surface area contributed by atoms with Gasteiger partial charge in [-0.1, -0.05) is 0 Å². The number of aromatic amines is 1. The minimum absolute atomic E-state index is 0.198. The number of imide groups is 1. The third-order valence-corrected chi connectivity index (χ3v) is 2.84. The molecule has 8 heteroatoms. The van der Waals surface area contributed by atoms with Gasteiger partial charge in [-0.3, -0.25) is 24.8 Å². The number of amides is 3. The molecule has 0 spiro atoms. The largest absolute Gasteiger partial charge is 0.382 e. The number of benzene rings is 1. The number of aromatic nitrogens is 2. The molecule has 2 aromatic rings. The molecule has 3 amide bonds. The second-order valence-electron chi connectivity index (χ2n) is 4.20. The first-order valence-corrected chi connectivity index (χ1v) is 5.66. The Hall–Kier alpha value is -3.16. The average molecular weight is 271 g/mol. The fourth-order valence-electron chi connectivity index (χ4n) is 1.90. The van der Waals surface area contributed by atoms with Crippen molar-refractivity contribution in [3.63, 3.8) is 0 Å². The smallest absolute Gasteiger partial charge is 0.273 e. The molecule has 0 saturated carbocycles. The summed E-state index contributed by atoms with van der Waals surface area (Å²) in [4.78, 5) is 34.8. The van der Waals surface area contributed by atoms with Gasteiger partial charge in [0, 0.05) is 11.8 Å². The molecule has 1 aliphatic heterocycles. The van der Waals surface area contributed by atoms with E-state index in [0.717, 1.165) is 0 Å². The molecule has 1 aromatic carbocycles. The quantitative estimate of drug-likeness (QED) is 0.577. The number of hydrogen-bond donors (Lipinski definition) is 4. The van der Waals surface area contributed by atoms with E-state index in [4.69, 9.17) is 5.73 Å². The van der Waals surface area contributed by atoms with Crippen LogP contribution in [0.5, 0.6) is 0 Å². The molecule has 0 bridgehead atoms. The van der Waals surface area contributed by atoms with E-state index < -0.39 is 17.7 Å². The van der Waals surface area contributed by atoms with Gasteiger partial charge in [-0.05, 0) is 18.2 Å². The first-order valence-electron chi connectivity index (χ1n) is 5.66. The molecule has 0 saturated heterocycles. The van der Waals surface area contributed by atoms with Crippen molar-refractivity contribution in [1.29, 1.82) is 0 Å². The summed E-state index contributed by atoms with van der Waals surface area (Å²) in [7, 11) is 0. The van der Waals surface area contributed by atoms with E-state index in [1.165, 1.54) is 24.3 Å². The minimum atomic E-state index is -0.480. The van der Waals surface area contributed by atoms with Crippen LogP contribution in [-0.2, 0) is 0 Å². The molecule has 0 unspecified atom stereocenters. The van der Waals surface area contributed by atoms with Crippen LogP contribution in [0.2, 0.25) is 0 Å². The number of nitrogens with zero attached hydrogens (tertiary/aromatic N) is 1. The second-order valence-corrected chi connectivity index (χ2v) is 4.20. The van der Waals surface area contributed by atoms with Gasteiger partial charge in [0.1, 0.15) is 11.5 Å². The summed E-state index contributed by atoms with van der Waals surface area (Å²) in [5.74, 6) is -1.16. The number of fused-ring (bicyclic) bond motifs is 1. The number of nitrogen functional groups attached to an aromatic ring is 1. The predicted molar refractivity (Wildman–Crippen MR) is 69.2 cm³/mol. The number of anilines is 2. The first kappa shape index (κ1) is 11.9. The Morgan fingerprint density at radius 1 is 1.15 bits per heavy atom. The van der Waals surface area contributed by atoms with Crippen LogP contribution in [0.4, 0.5) is 11.5 Å². The Kier molecular flexibility index (Phi) is 2.50. The van der Waals surface area contributed by atoms with Gasteiger partial charge in [0.2, 0.25) is 0 Å². The molecule has 1 aliphatic rings. The van der Waals surface area contributed by atoms with Crippen molar-refractivity contribution in [2.24, 2.45) is 0 Å². The topological polar surface area (TPSA) is 130 Å². The van der Waals surface area contributed by atoms with E-state index in [1.54, 1.807) is 0 Å². The van der Waals surface area contributed by atoms with Gasteiger partial charge in [-0.25, -0.2) is 0 Å². The molecular formula is C12H9N5O3. The molecule has 20 heavy (non-hydrogen) atoms. The number of hydrogen-bond acceptors (Lipinski definition) is 5. The highest BCUT2D eigenvalue weighted by Crippen LogP contribution is 2.20. The number of rotatable bonds is 2. The fraction of sp³-hybridized carbons (Fsp3) is 0. The summed E-state index contributed by atoms with van der Waals surface area (Å²) in [5, 5.41) is 10.9. The molecule has 5 N–H and O–H groups in total. The lowest BCUT2D eigenvalue weighted by atomic mass is 10.1. The van der Waals surface area contributed by atoms with Gasteiger partial charge in [0.05, 0.1) is 11.1 Å². The van der Waals surface area contributed by atoms with Crippen LogP contribution in [0.1, 0.15) is 31.2 Å². The Morgan fingerprint density at radius 3 is 2.60 bits per heavy atom. The SMILES string of the molecule is Nc1cc(C(=O)Nc2ccc3c(c2)C(=O)NC3=O)[nH]n1. The van der Waals surface area contributed by atoms with E-state index in [9.17, 15) is 14.4 Å². The fourth-order valence-corrected chi connectivity index (χ4v) is 1.90. The van der Waals surface area contributed by atoms with Crippen molar-refractivity contribution in [2.75, 3.05) is 11.1 Å². The van der Waals surface area contributed by atoms with Gasteiger partial charge in [-0.15, -0.1) is 0 Å². The van der Waals surface area contributed by atoms with Crippen molar-refractivity contribution in [2.45, 2.75) is 0 Å². The molecule has 0 aliphatic carbocycles. The van der Waals surface area contributed by atoms with Gasteiger partial charge in [0.25, 0.3) is 17.7 Å². The maximum Gasteiger partial charge on any atom is 0.273 e. The third-order valence-electron chi connectivity index (χ3n) is 2.84. The van der Waals surface area contributed by atoms with E-state index >= 15 is 0 Å². The van der Waals surface area contributed by atoms with Gasteiger partial charge < -0.3 is 11.1 Å². The van der Waals surface area contributed by atoms with E-state index in [-0.39, 0.29) is 17.1 Å². The maximum absolute atomic E-state index is 11.9. The van der Waals surface area contributed by atoms with Crippen LogP contribution >= 0.6 is 0 Å². The summed E-state index contributed by atoms with van der Waals surface area (Å²) in [6.07, 6.45) is 0. The highest BCUT2D eigenvalue weighted by Gasteiger charge is 2.26. The van der Waals surface area contributed by atoms with Crippen molar-refractivity contribution in [1.82, 2.24) is 15.5 Å². The zero-order chi connectivity index (χ0) is 14.3. The first-order chi connectivity index (χ1) is 9.54. The zero-order valence-corrected chi connectivity index (χ0v) is 10.1. The zero-order valence-electron chi connectivity index (χ0n) is 10.1. The Bertz CT molecular complexity index is 749. The molecule has 100 valence electrons. The third kappa shape index (κ3) is 1.88. The highest BCUT2D eigenvalue weighted by molar-refractivity contribution is 6.22. The van der Waals surface area contributed by atoms with E-state index in [0.29, 0.717) is 11.3 Å². The van der Waals surface area contributed by atoms with Crippen LogP contribution in [0.25, 0.3) is 0 Å². The lowest BCUT2D eigenvalue weighted by Crippen LogP contribution is -2.19. The molecule has 3 rings (SSSR count). The highest BCUT2D eigenvalue weighted by atomic mass is 16.2. The molecule has 2 heterocycles. The van der Waals surface area contributed by atoms with Crippen LogP contribution in [0.15, 0.2) is 24.3 Å². The van der Waals surface area contributed by atoms with Crippen molar-refractivity contribution >= 4 is 29.2 Å². The van der Waals surface area contributed by atoms with Crippen molar-refractivity contribution in [3.05, 3.63) is 41.1 Å². The Morgan fingerprint density at radius 2 is 1.90 bits per heavy atom. The minimum Gasteiger partial charge on any atom is -0.382 e. The van der Waals surface area contributed by atoms with Gasteiger partial charge in [0.15, 0.2) is 0 Å². The average Bonchev–Trinajstić information content (AvgIpc) is 2.95. The molecule has 8 nitrogen and oxygen atoms in total. The Balaban J connectivity index is 1.86.